The number of primary amides is 1. The molecule has 2 amide bonds. The molecule has 0 bridgehead atoms. The van der Waals surface area contributed by atoms with Gasteiger partial charge in [0.15, 0.2) is 0 Å². The Morgan fingerprint density at radius 2 is 1.83 bits per heavy atom. The van der Waals surface area contributed by atoms with Gasteiger partial charge in [-0.25, -0.2) is 4.52 Å². The highest BCUT2D eigenvalue weighted by Crippen LogP contribution is 2.57. The smallest absolute Gasteiger partial charge is 0.417 e. The molecule has 0 radical (unpaired) electrons. The van der Waals surface area contributed by atoms with E-state index in [1.165, 1.54) is 36.4 Å². The van der Waals surface area contributed by atoms with Crippen LogP contribution in [-0.2, 0) is 17.4 Å². The molecule has 46 heavy (non-hydrogen) atoms. The Bertz CT molecular complexity index is 1780. The normalized spacial score (nSPS) is 21.0. The number of fused-ring (bicyclic) bond motifs is 1. The average molecular weight is 637 g/mol. The second-order valence-corrected chi connectivity index (χ2v) is 13.1. The summed E-state index contributed by atoms with van der Waals surface area (Å²) in [6, 6.07) is 13.2. The van der Waals surface area contributed by atoms with Crippen molar-refractivity contribution < 1.29 is 37.3 Å². The monoisotopic (exact) mass is 636 g/mol. The van der Waals surface area contributed by atoms with Gasteiger partial charge in [0.2, 0.25) is 5.91 Å². The Kier molecular flexibility index (Phi) is 7.95. The van der Waals surface area contributed by atoms with E-state index in [1.54, 1.807) is 36.8 Å². The quantitative estimate of drug-likeness (QED) is 0.216. The number of halogens is 3. The number of benzene rings is 2. The van der Waals surface area contributed by atoms with Crippen LogP contribution in [0.1, 0.15) is 61.0 Å². The molecule has 6 rings (SSSR count). The lowest BCUT2D eigenvalue weighted by atomic mass is 9.53. The molecule has 9 nitrogen and oxygen atoms in total. The van der Waals surface area contributed by atoms with Crippen LogP contribution in [0.5, 0.6) is 11.5 Å². The summed E-state index contributed by atoms with van der Waals surface area (Å²) in [6.45, 7) is 3.45. The fraction of sp³-hybridized carbons (Fsp3) is 0.382. The predicted octanol–water partition coefficient (Wildman–Crippen LogP) is 5.32. The van der Waals surface area contributed by atoms with Crippen molar-refractivity contribution >= 4 is 17.3 Å². The number of rotatable bonds is 10. The first-order chi connectivity index (χ1) is 21.7. The minimum absolute atomic E-state index is 0.0106. The zero-order valence-electron chi connectivity index (χ0n) is 25.4. The first-order valence-electron chi connectivity index (χ1n) is 15.1. The van der Waals surface area contributed by atoms with Crippen molar-refractivity contribution in [2.24, 2.45) is 11.1 Å². The lowest BCUT2D eigenvalue weighted by molar-refractivity contribution is -0.137. The largest absolute Gasteiger partial charge is 0.490 e. The minimum Gasteiger partial charge on any atom is -0.490 e. The number of pyridine rings is 1. The number of aliphatic hydroxyl groups is 1. The minimum atomic E-state index is -4.54. The number of ether oxygens (including phenoxy) is 2. The molecular formula is C34H35F3N4O5. The van der Waals surface area contributed by atoms with Gasteiger partial charge in [-0.3, -0.25) is 9.59 Å². The van der Waals surface area contributed by atoms with E-state index in [2.05, 4.69) is 10.4 Å². The van der Waals surface area contributed by atoms with Crippen LogP contribution in [0.4, 0.5) is 13.2 Å². The molecule has 242 valence electrons. The van der Waals surface area contributed by atoms with Crippen LogP contribution in [0, 0.1) is 5.41 Å². The van der Waals surface area contributed by atoms with Gasteiger partial charge in [-0.05, 0) is 86.4 Å². The zero-order chi connectivity index (χ0) is 32.9. The second kappa shape index (κ2) is 11.7. The van der Waals surface area contributed by atoms with E-state index in [4.69, 9.17) is 15.2 Å². The van der Waals surface area contributed by atoms with Crippen LogP contribution in [0.3, 0.4) is 0 Å². The number of alkyl halides is 3. The predicted molar refractivity (Wildman–Crippen MR) is 163 cm³/mol. The number of nitrogens with one attached hydrogen (secondary N) is 1. The number of nitrogens with two attached hydrogens (primary N) is 1. The van der Waals surface area contributed by atoms with Crippen LogP contribution in [0.25, 0.3) is 16.6 Å². The molecule has 2 saturated carbocycles. The van der Waals surface area contributed by atoms with E-state index >= 15 is 0 Å². The SMILES string of the molecule is CC(C)(O)COc1ccc2c(CC(=O)NC3CC4(C3)CC(Oc3cc(-c5ccccc5C(F)(F)F)ccc3C(N)=O)C4)cnn2c1. The van der Waals surface area contributed by atoms with Crippen molar-refractivity contribution in [3.8, 4) is 22.6 Å². The summed E-state index contributed by atoms with van der Waals surface area (Å²) in [5.74, 6) is -0.111. The molecule has 2 aromatic carbocycles. The summed E-state index contributed by atoms with van der Waals surface area (Å²) in [5, 5.41) is 17.3. The Hall–Kier alpha value is -4.58. The van der Waals surface area contributed by atoms with Crippen LogP contribution >= 0.6 is 0 Å². The van der Waals surface area contributed by atoms with Crippen LogP contribution in [0.2, 0.25) is 0 Å². The standard InChI is InChI=1S/C34H35F3N4O5/c1-32(2,44)19-45-23-8-10-28-21(17-39-41(28)18-23)12-30(42)40-22-13-33(14-22)15-24(16-33)46-29-11-20(7-9-26(29)31(38)43)25-5-3-4-6-27(25)34(35,36)37/h3-11,17-18,22,24,44H,12-16,19H2,1-2H3,(H2,38,43)(H,40,42). The summed E-state index contributed by atoms with van der Waals surface area (Å²) in [7, 11) is 0. The van der Waals surface area contributed by atoms with E-state index in [1.807, 2.05) is 6.07 Å². The highest BCUT2D eigenvalue weighted by molar-refractivity contribution is 5.96. The van der Waals surface area contributed by atoms with Gasteiger partial charge in [0.25, 0.3) is 5.91 Å². The van der Waals surface area contributed by atoms with E-state index < -0.39 is 23.2 Å². The fourth-order valence-corrected chi connectivity index (χ4v) is 6.51. The number of hydrogen-bond acceptors (Lipinski definition) is 6. The molecule has 1 spiro atoms. The number of nitrogens with zero attached hydrogens (tertiary/aromatic N) is 2. The summed E-state index contributed by atoms with van der Waals surface area (Å²) >= 11 is 0. The van der Waals surface area contributed by atoms with Crippen molar-refractivity contribution in [1.29, 1.82) is 0 Å². The number of carbonyl (C=O) groups is 2. The van der Waals surface area contributed by atoms with Crippen molar-refractivity contribution in [2.45, 2.75) is 69.9 Å². The summed E-state index contributed by atoms with van der Waals surface area (Å²) in [6.07, 6.45) is 1.75. The molecule has 0 unspecified atom stereocenters. The van der Waals surface area contributed by atoms with Gasteiger partial charge >= 0.3 is 6.18 Å². The first kappa shape index (κ1) is 31.4. The topological polar surface area (TPSA) is 128 Å². The molecule has 2 aliphatic carbocycles. The molecule has 4 aromatic rings. The molecule has 2 fully saturated rings. The maximum Gasteiger partial charge on any atom is 0.417 e. The van der Waals surface area contributed by atoms with E-state index in [0.29, 0.717) is 18.6 Å². The molecule has 0 saturated heterocycles. The number of aromatic nitrogens is 2. The third kappa shape index (κ3) is 6.67. The summed E-state index contributed by atoms with van der Waals surface area (Å²) in [5.41, 5.74) is 5.76. The Balaban J connectivity index is 1.03. The summed E-state index contributed by atoms with van der Waals surface area (Å²) in [4.78, 5) is 24.9. The maximum absolute atomic E-state index is 13.6. The maximum atomic E-state index is 13.6. The number of carbonyl (C=O) groups excluding carboxylic acids is 2. The van der Waals surface area contributed by atoms with Gasteiger partial charge in [0.1, 0.15) is 18.1 Å². The number of amides is 2. The van der Waals surface area contributed by atoms with Crippen LogP contribution in [-0.4, -0.2) is 50.9 Å². The van der Waals surface area contributed by atoms with Gasteiger partial charge in [0.05, 0.1) is 47.2 Å². The molecule has 2 aliphatic rings. The fourth-order valence-electron chi connectivity index (χ4n) is 6.51. The van der Waals surface area contributed by atoms with Gasteiger partial charge in [-0.2, -0.15) is 18.3 Å². The van der Waals surface area contributed by atoms with Gasteiger partial charge in [-0.1, -0.05) is 24.3 Å². The average Bonchev–Trinajstić information content (AvgIpc) is 3.34. The second-order valence-electron chi connectivity index (χ2n) is 13.1. The van der Waals surface area contributed by atoms with E-state index in [0.717, 1.165) is 30.0 Å². The van der Waals surface area contributed by atoms with Gasteiger partial charge < -0.3 is 25.6 Å². The molecule has 12 heteroatoms. The molecule has 2 heterocycles. The van der Waals surface area contributed by atoms with Gasteiger partial charge in [0, 0.05) is 11.6 Å². The van der Waals surface area contributed by atoms with E-state index in [9.17, 15) is 27.9 Å². The lowest BCUT2D eigenvalue weighted by Gasteiger charge is -2.57. The highest BCUT2D eigenvalue weighted by atomic mass is 19.4. The summed E-state index contributed by atoms with van der Waals surface area (Å²) < 4.78 is 54.3. The molecule has 2 aromatic heterocycles. The van der Waals surface area contributed by atoms with E-state index in [-0.39, 0.29) is 58.9 Å². The highest BCUT2D eigenvalue weighted by Gasteiger charge is 2.54. The van der Waals surface area contributed by atoms with Crippen LogP contribution < -0.4 is 20.5 Å². The molecule has 0 aliphatic heterocycles. The Morgan fingerprint density at radius 3 is 2.52 bits per heavy atom. The zero-order valence-corrected chi connectivity index (χ0v) is 25.4. The third-order valence-electron chi connectivity index (χ3n) is 8.64. The van der Waals surface area contributed by atoms with Gasteiger partial charge in [-0.15, -0.1) is 0 Å². The van der Waals surface area contributed by atoms with Crippen molar-refractivity contribution in [3.05, 3.63) is 83.7 Å². The molecular weight excluding hydrogens is 601 g/mol. The first-order valence-corrected chi connectivity index (χ1v) is 15.1. The Morgan fingerprint density at radius 1 is 1.09 bits per heavy atom. The third-order valence-corrected chi connectivity index (χ3v) is 8.64. The lowest BCUT2D eigenvalue weighted by Crippen LogP contribution is -2.59. The number of hydrogen-bond donors (Lipinski definition) is 3. The molecule has 4 N–H and O–H groups in total. The molecule has 0 atom stereocenters. The Labute approximate surface area is 263 Å². The van der Waals surface area contributed by atoms with Crippen molar-refractivity contribution in [1.82, 2.24) is 14.9 Å². The van der Waals surface area contributed by atoms with Crippen molar-refractivity contribution in [3.63, 3.8) is 0 Å². The van der Waals surface area contributed by atoms with Crippen LogP contribution in [0.15, 0.2) is 67.0 Å². The van der Waals surface area contributed by atoms with Crippen molar-refractivity contribution in [2.75, 3.05) is 6.61 Å².